The molecule has 0 bridgehead atoms. The molecule has 33 heavy (non-hydrogen) atoms. The summed E-state index contributed by atoms with van der Waals surface area (Å²) in [6.45, 7) is 8.89. The Morgan fingerprint density at radius 3 is 2.00 bits per heavy atom. The summed E-state index contributed by atoms with van der Waals surface area (Å²) in [7, 11) is -4.75. The average molecular weight is 504 g/mol. The van der Waals surface area contributed by atoms with Crippen LogP contribution in [0.15, 0.2) is 0 Å². The zero-order valence-electron chi connectivity index (χ0n) is 19.5. The van der Waals surface area contributed by atoms with Crippen LogP contribution in [-0.2, 0) is 19.7 Å². The lowest BCUT2D eigenvalue weighted by atomic mass is 9.60. The third-order valence-electron chi connectivity index (χ3n) is 5.10. The highest BCUT2D eigenvalue weighted by atomic mass is 32.2. The number of rotatable bonds is 5. The van der Waals surface area contributed by atoms with E-state index < -0.39 is 63.9 Å². The van der Waals surface area contributed by atoms with Gasteiger partial charge in [-0.2, -0.15) is 25.9 Å². The maximum absolute atomic E-state index is 12.9. The number of nitrogens with one attached hydrogen (secondary N) is 1. The number of carbonyl (C=O) groups is 2. The molecule has 0 aromatic rings. The number of nitrogens with zero attached hydrogens (tertiary/aromatic N) is 2. The van der Waals surface area contributed by atoms with Gasteiger partial charge in [0.1, 0.15) is 11.2 Å². The smallest absolute Gasteiger partial charge is 0.422 e. The van der Waals surface area contributed by atoms with Crippen LogP contribution in [0.25, 0.3) is 0 Å². The third-order valence-corrected chi connectivity index (χ3v) is 6.59. The lowest BCUT2D eigenvalue weighted by molar-refractivity contribution is -0.208. The molecule has 14 heteroatoms. The van der Waals surface area contributed by atoms with Gasteiger partial charge in [-0.3, -0.25) is 0 Å². The fourth-order valence-corrected chi connectivity index (χ4v) is 5.05. The third kappa shape index (κ3) is 7.34. The first-order valence-corrected chi connectivity index (χ1v) is 11.8. The van der Waals surface area contributed by atoms with Gasteiger partial charge < -0.3 is 19.5 Å². The first-order chi connectivity index (χ1) is 14.6. The Morgan fingerprint density at radius 2 is 1.58 bits per heavy atom. The number of halogens is 3. The zero-order chi connectivity index (χ0) is 25.6. The maximum Gasteiger partial charge on any atom is 0.422 e. The van der Waals surface area contributed by atoms with E-state index in [0.717, 1.165) is 0 Å². The van der Waals surface area contributed by atoms with Gasteiger partial charge in [-0.15, -0.1) is 0 Å². The molecule has 1 aliphatic heterocycles. The summed E-state index contributed by atoms with van der Waals surface area (Å²) in [5, 5.41) is 9.49. The lowest BCUT2D eigenvalue weighted by Gasteiger charge is -2.60. The normalized spacial score (nSPS) is 20.2. The fraction of sp³-hybridized carbons (Fsp3) is 0.895. The average Bonchev–Trinajstić information content (AvgIpc) is 2.45. The maximum atomic E-state index is 12.9. The van der Waals surface area contributed by atoms with Crippen LogP contribution in [0.5, 0.6) is 0 Å². The lowest BCUT2D eigenvalue weighted by Crippen LogP contribution is -2.69. The number of hydrogen-bond acceptors (Lipinski definition) is 7. The van der Waals surface area contributed by atoms with Gasteiger partial charge in [0.25, 0.3) is 0 Å². The highest BCUT2D eigenvalue weighted by Crippen LogP contribution is 2.51. The van der Waals surface area contributed by atoms with Crippen molar-refractivity contribution >= 4 is 22.4 Å². The van der Waals surface area contributed by atoms with Gasteiger partial charge in [0, 0.05) is 24.5 Å². The highest BCUT2D eigenvalue weighted by Gasteiger charge is 2.58. The number of aliphatic hydroxyl groups excluding tert-OH is 1. The van der Waals surface area contributed by atoms with Gasteiger partial charge in [-0.1, -0.05) is 0 Å². The molecule has 2 amide bonds. The molecule has 2 aliphatic rings. The molecule has 1 heterocycles. The van der Waals surface area contributed by atoms with Crippen LogP contribution in [0.3, 0.4) is 0 Å². The minimum atomic E-state index is -5.05. The Balaban J connectivity index is 2.08. The molecular formula is C19H32F3N3O7S. The minimum absolute atomic E-state index is 0.159. The Bertz CT molecular complexity index is 851. The van der Waals surface area contributed by atoms with Crippen molar-refractivity contribution in [3.8, 4) is 0 Å². The summed E-state index contributed by atoms with van der Waals surface area (Å²) < 4.78 is 76.4. The van der Waals surface area contributed by atoms with Crippen LogP contribution < -0.4 is 4.72 Å². The van der Waals surface area contributed by atoms with Crippen LogP contribution in [0.1, 0.15) is 54.4 Å². The van der Waals surface area contributed by atoms with Crippen molar-refractivity contribution < 1.29 is 45.8 Å². The predicted octanol–water partition coefficient (Wildman–Crippen LogP) is 2.38. The van der Waals surface area contributed by atoms with Crippen LogP contribution in [0, 0.1) is 5.41 Å². The van der Waals surface area contributed by atoms with Crippen LogP contribution in [0.4, 0.5) is 22.8 Å². The molecule has 2 rings (SSSR count). The number of aliphatic hydroxyl groups is 1. The summed E-state index contributed by atoms with van der Waals surface area (Å²) in [5.74, 6) is 0. The van der Waals surface area contributed by atoms with E-state index in [1.165, 1.54) is 25.7 Å². The number of alkyl halides is 3. The summed E-state index contributed by atoms with van der Waals surface area (Å²) in [6.07, 6.45) is -9.55. The SMILES string of the molecule is CC(C)(C)OC(=O)NS(=O)(=O)N(CC(O)C(F)(F)F)C1CC2(C1)CN(C(=O)OC(C)(C)C)C2. The quantitative estimate of drug-likeness (QED) is 0.590. The Labute approximate surface area is 191 Å². The van der Waals surface area contributed by atoms with Crippen molar-refractivity contribution in [3.05, 3.63) is 0 Å². The number of ether oxygens (including phenoxy) is 2. The minimum Gasteiger partial charge on any atom is -0.444 e. The second-order valence-corrected chi connectivity index (χ2v) is 12.3. The Kier molecular flexibility index (Phi) is 7.29. The highest BCUT2D eigenvalue weighted by molar-refractivity contribution is 7.87. The number of carbonyl (C=O) groups excluding carboxylic acids is 2. The molecule has 10 nitrogen and oxygen atoms in total. The van der Waals surface area contributed by atoms with Gasteiger partial charge in [0.05, 0.1) is 6.54 Å². The van der Waals surface area contributed by atoms with E-state index in [1.54, 1.807) is 25.5 Å². The second-order valence-electron chi connectivity index (χ2n) is 10.6. The predicted molar refractivity (Wildman–Crippen MR) is 110 cm³/mol. The van der Waals surface area contributed by atoms with Crippen molar-refractivity contribution in [1.29, 1.82) is 0 Å². The van der Waals surface area contributed by atoms with Crippen LogP contribution in [0.2, 0.25) is 0 Å². The van der Waals surface area contributed by atoms with Gasteiger partial charge in [-0.05, 0) is 54.4 Å². The topological polar surface area (TPSA) is 125 Å². The van der Waals surface area contributed by atoms with E-state index in [0.29, 0.717) is 4.31 Å². The molecule has 1 atom stereocenters. The summed E-state index contributed by atoms with van der Waals surface area (Å²) in [5.41, 5.74) is -2.17. The van der Waals surface area contributed by atoms with Crippen molar-refractivity contribution in [3.63, 3.8) is 0 Å². The van der Waals surface area contributed by atoms with E-state index in [1.807, 2.05) is 0 Å². The summed E-state index contributed by atoms with van der Waals surface area (Å²) in [6, 6.07) is -0.900. The van der Waals surface area contributed by atoms with E-state index >= 15 is 0 Å². The van der Waals surface area contributed by atoms with Crippen molar-refractivity contribution in [2.45, 2.75) is 83.9 Å². The largest absolute Gasteiger partial charge is 0.444 e. The van der Waals surface area contributed by atoms with Crippen molar-refractivity contribution in [2.24, 2.45) is 5.41 Å². The standard InChI is InChI=1S/C19H32F3N3O7S/c1-16(2,3)31-14(27)23-33(29,30)25(9-13(26)19(20,21)22)12-7-18(8-12)10-24(11-18)15(28)32-17(4,5)6/h12-13,26H,7-11H2,1-6H3,(H,23,27). The fourth-order valence-electron chi connectivity index (χ4n) is 3.80. The second kappa shape index (κ2) is 8.77. The van der Waals surface area contributed by atoms with Crippen LogP contribution in [-0.4, -0.2) is 84.1 Å². The first kappa shape index (κ1) is 27.4. The molecule has 1 unspecified atom stereocenters. The molecule has 1 saturated heterocycles. The van der Waals surface area contributed by atoms with Gasteiger partial charge in [0.2, 0.25) is 0 Å². The summed E-state index contributed by atoms with van der Waals surface area (Å²) in [4.78, 5) is 25.5. The molecule has 1 spiro atoms. The number of amides is 2. The Hall–Kier alpha value is -1.80. The zero-order valence-corrected chi connectivity index (χ0v) is 20.3. The summed E-state index contributed by atoms with van der Waals surface area (Å²) >= 11 is 0. The molecule has 192 valence electrons. The Morgan fingerprint density at radius 1 is 1.09 bits per heavy atom. The van der Waals surface area contributed by atoms with Gasteiger partial charge in [0.15, 0.2) is 6.10 Å². The van der Waals surface area contributed by atoms with E-state index in [4.69, 9.17) is 9.47 Å². The first-order valence-electron chi connectivity index (χ1n) is 10.4. The molecule has 1 aliphatic carbocycles. The van der Waals surface area contributed by atoms with E-state index in [2.05, 4.69) is 0 Å². The van der Waals surface area contributed by atoms with E-state index in [9.17, 15) is 36.3 Å². The molecule has 1 saturated carbocycles. The van der Waals surface area contributed by atoms with Gasteiger partial charge in [-0.25, -0.2) is 14.3 Å². The number of likely N-dealkylation sites (tertiary alicyclic amines) is 1. The van der Waals surface area contributed by atoms with E-state index in [-0.39, 0.29) is 25.9 Å². The molecule has 0 radical (unpaired) electrons. The van der Waals surface area contributed by atoms with Gasteiger partial charge >= 0.3 is 28.6 Å². The molecule has 0 aromatic heterocycles. The monoisotopic (exact) mass is 503 g/mol. The van der Waals surface area contributed by atoms with Crippen molar-refractivity contribution in [1.82, 2.24) is 13.9 Å². The molecule has 2 fully saturated rings. The van der Waals surface area contributed by atoms with Crippen molar-refractivity contribution in [2.75, 3.05) is 19.6 Å². The molecular weight excluding hydrogens is 471 g/mol. The molecule has 2 N–H and O–H groups in total. The number of hydrogen-bond donors (Lipinski definition) is 2. The molecule has 0 aromatic carbocycles. The van der Waals surface area contributed by atoms with Crippen LogP contribution >= 0.6 is 0 Å².